The Balaban J connectivity index is 1.75. The minimum Gasteiger partial charge on any atom is -0.370 e. The number of likely N-dealkylation sites (tertiary alicyclic amines) is 1. The third-order valence-electron chi connectivity index (χ3n) is 4.90. The highest BCUT2D eigenvalue weighted by Crippen LogP contribution is 2.31. The summed E-state index contributed by atoms with van der Waals surface area (Å²) in [4.78, 5) is 4.94. The van der Waals surface area contributed by atoms with Crippen molar-refractivity contribution in [2.45, 2.75) is 44.7 Å². The number of hydrogen-bond donors (Lipinski definition) is 1. The van der Waals surface area contributed by atoms with E-state index in [0.717, 1.165) is 18.8 Å². The largest absolute Gasteiger partial charge is 0.370 e. The second-order valence-corrected chi connectivity index (χ2v) is 6.45. The fourth-order valence-corrected chi connectivity index (χ4v) is 3.79. The van der Waals surface area contributed by atoms with Gasteiger partial charge in [-0.25, -0.2) is 4.39 Å². The van der Waals surface area contributed by atoms with Crippen LogP contribution >= 0.6 is 0 Å². The van der Waals surface area contributed by atoms with E-state index in [2.05, 4.69) is 9.80 Å². The molecule has 4 heteroatoms. The van der Waals surface area contributed by atoms with Gasteiger partial charge in [-0.15, -0.1) is 0 Å². The lowest BCUT2D eigenvalue weighted by Gasteiger charge is -2.32. The third-order valence-corrected chi connectivity index (χ3v) is 4.90. The number of benzene rings is 1. The van der Waals surface area contributed by atoms with Gasteiger partial charge < -0.3 is 10.6 Å². The predicted molar refractivity (Wildman–Crippen MR) is 85.0 cm³/mol. The van der Waals surface area contributed by atoms with Crippen molar-refractivity contribution in [1.82, 2.24) is 4.90 Å². The second-order valence-electron chi connectivity index (χ2n) is 6.45. The molecule has 0 amide bonds. The van der Waals surface area contributed by atoms with Crippen LogP contribution in [0.2, 0.25) is 0 Å². The van der Waals surface area contributed by atoms with Gasteiger partial charge in [-0.2, -0.15) is 0 Å². The first kappa shape index (κ1) is 14.8. The number of hydrogen-bond acceptors (Lipinski definition) is 3. The third kappa shape index (κ3) is 3.06. The van der Waals surface area contributed by atoms with Crippen molar-refractivity contribution in [1.29, 1.82) is 0 Å². The van der Waals surface area contributed by atoms with Crippen LogP contribution in [0.3, 0.4) is 0 Å². The van der Waals surface area contributed by atoms with E-state index in [1.165, 1.54) is 44.8 Å². The molecule has 2 aliphatic heterocycles. The first-order valence-electron chi connectivity index (χ1n) is 8.20. The molecule has 2 N–H and O–H groups in total. The highest BCUT2D eigenvalue weighted by atomic mass is 19.1. The number of nitrogens with zero attached hydrogens (tertiary/aromatic N) is 2. The molecular formula is C17H26FN3. The van der Waals surface area contributed by atoms with Crippen LogP contribution in [0.5, 0.6) is 0 Å². The molecule has 0 aromatic heterocycles. The zero-order chi connectivity index (χ0) is 14.8. The topological polar surface area (TPSA) is 32.5 Å². The van der Waals surface area contributed by atoms with Crippen molar-refractivity contribution in [3.05, 3.63) is 29.6 Å². The Morgan fingerprint density at radius 3 is 2.67 bits per heavy atom. The van der Waals surface area contributed by atoms with Gasteiger partial charge in [0.05, 0.1) is 0 Å². The fourth-order valence-electron chi connectivity index (χ4n) is 3.79. The zero-order valence-electron chi connectivity index (χ0n) is 12.9. The SMILES string of the molecule is CC(N)c1c(F)cccc1N1CCC(N2CCCCC2)C1. The molecule has 21 heavy (non-hydrogen) atoms. The van der Waals surface area contributed by atoms with Crippen LogP contribution in [0.4, 0.5) is 10.1 Å². The molecule has 2 saturated heterocycles. The number of piperidine rings is 1. The maximum Gasteiger partial charge on any atom is 0.130 e. The van der Waals surface area contributed by atoms with Gasteiger partial charge in [0, 0.05) is 36.4 Å². The van der Waals surface area contributed by atoms with Gasteiger partial charge in [0.25, 0.3) is 0 Å². The van der Waals surface area contributed by atoms with E-state index < -0.39 is 0 Å². The quantitative estimate of drug-likeness (QED) is 0.929. The summed E-state index contributed by atoms with van der Waals surface area (Å²) >= 11 is 0. The highest BCUT2D eigenvalue weighted by molar-refractivity contribution is 5.56. The maximum absolute atomic E-state index is 14.1. The molecule has 2 fully saturated rings. The summed E-state index contributed by atoms with van der Waals surface area (Å²) in [7, 11) is 0. The average Bonchev–Trinajstić information content (AvgIpc) is 2.97. The Bertz CT molecular complexity index is 483. The number of rotatable bonds is 3. The smallest absolute Gasteiger partial charge is 0.130 e. The summed E-state index contributed by atoms with van der Waals surface area (Å²) in [5.74, 6) is -0.177. The lowest BCUT2D eigenvalue weighted by Crippen LogP contribution is -2.41. The minimum absolute atomic E-state index is 0.177. The normalized spacial score (nSPS) is 25.3. The van der Waals surface area contributed by atoms with Gasteiger partial charge in [0.1, 0.15) is 5.82 Å². The Hall–Kier alpha value is -1.13. The number of anilines is 1. The standard InChI is InChI=1S/C17H26FN3/c1-13(19)17-15(18)6-5-7-16(17)21-11-8-14(12-21)20-9-3-2-4-10-20/h5-7,13-14H,2-4,8-12,19H2,1H3. The molecule has 2 aliphatic rings. The van der Waals surface area contributed by atoms with Crippen LogP contribution in [0.25, 0.3) is 0 Å². The molecule has 1 aromatic carbocycles. The van der Waals surface area contributed by atoms with Gasteiger partial charge >= 0.3 is 0 Å². The molecule has 116 valence electrons. The molecule has 2 atom stereocenters. The van der Waals surface area contributed by atoms with E-state index in [9.17, 15) is 4.39 Å². The van der Waals surface area contributed by atoms with Crippen molar-refractivity contribution in [2.24, 2.45) is 5.73 Å². The first-order chi connectivity index (χ1) is 10.2. The number of nitrogens with two attached hydrogens (primary N) is 1. The molecule has 0 saturated carbocycles. The van der Waals surface area contributed by atoms with Gasteiger partial charge in [0.15, 0.2) is 0 Å². The van der Waals surface area contributed by atoms with Crippen molar-refractivity contribution in [3.8, 4) is 0 Å². The van der Waals surface area contributed by atoms with Crippen LogP contribution in [-0.2, 0) is 0 Å². The second kappa shape index (κ2) is 6.32. The summed E-state index contributed by atoms with van der Waals surface area (Å²) in [5, 5.41) is 0. The first-order valence-corrected chi connectivity index (χ1v) is 8.20. The molecule has 1 aromatic rings. The van der Waals surface area contributed by atoms with Crippen molar-refractivity contribution in [3.63, 3.8) is 0 Å². The molecule has 0 spiro atoms. The van der Waals surface area contributed by atoms with Gasteiger partial charge in [-0.05, 0) is 51.4 Å². The highest BCUT2D eigenvalue weighted by Gasteiger charge is 2.30. The summed E-state index contributed by atoms with van der Waals surface area (Å²) in [6.07, 6.45) is 5.18. The van der Waals surface area contributed by atoms with Crippen LogP contribution in [0.15, 0.2) is 18.2 Å². The monoisotopic (exact) mass is 291 g/mol. The maximum atomic E-state index is 14.1. The lowest BCUT2D eigenvalue weighted by atomic mass is 10.1. The van der Waals surface area contributed by atoms with Crippen LogP contribution in [0.1, 0.15) is 44.2 Å². The molecular weight excluding hydrogens is 265 g/mol. The molecule has 3 nitrogen and oxygen atoms in total. The van der Waals surface area contributed by atoms with Gasteiger partial charge in [0.2, 0.25) is 0 Å². The Morgan fingerprint density at radius 2 is 1.95 bits per heavy atom. The van der Waals surface area contributed by atoms with Gasteiger partial charge in [-0.1, -0.05) is 12.5 Å². The van der Waals surface area contributed by atoms with E-state index in [4.69, 9.17) is 5.73 Å². The van der Waals surface area contributed by atoms with Crippen LogP contribution in [0, 0.1) is 5.82 Å². The van der Waals surface area contributed by atoms with E-state index >= 15 is 0 Å². The summed E-state index contributed by atoms with van der Waals surface area (Å²) in [5.41, 5.74) is 7.64. The fraction of sp³-hybridized carbons (Fsp3) is 0.647. The summed E-state index contributed by atoms with van der Waals surface area (Å²) < 4.78 is 14.1. The van der Waals surface area contributed by atoms with Crippen molar-refractivity contribution < 1.29 is 4.39 Å². The predicted octanol–water partition coefficient (Wildman–Crippen LogP) is 2.91. The molecule has 2 heterocycles. The Morgan fingerprint density at radius 1 is 1.19 bits per heavy atom. The Labute approximate surface area is 126 Å². The molecule has 0 aliphatic carbocycles. The average molecular weight is 291 g/mol. The van der Waals surface area contributed by atoms with Crippen LogP contribution < -0.4 is 10.6 Å². The van der Waals surface area contributed by atoms with Crippen molar-refractivity contribution in [2.75, 3.05) is 31.1 Å². The summed E-state index contributed by atoms with van der Waals surface area (Å²) in [6.45, 7) is 6.32. The van der Waals surface area contributed by atoms with E-state index in [1.807, 2.05) is 13.0 Å². The Kier molecular flexibility index (Phi) is 4.45. The van der Waals surface area contributed by atoms with E-state index in [1.54, 1.807) is 6.07 Å². The molecule has 0 radical (unpaired) electrons. The molecule has 3 rings (SSSR count). The van der Waals surface area contributed by atoms with Crippen LogP contribution in [-0.4, -0.2) is 37.1 Å². The van der Waals surface area contributed by atoms with Crippen molar-refractivity contribution >= 4 is 5.69 Å². The van der Waals surface area contributed by atoms with Gasteiger partial charge in [-0.3, -0.25) is 4.90 Å². The minimum atomic E-state index is -0.268. The zero-order valence-corrected chi connectivity index (χ0v) is 12.9. The van der Waals surface area contributed by atoms with E-state index in [0.29, 0.717) is 11.6 Å². The van der Waals surface area contributed by atoms with E-state index in [-0.39, 0.29) is 11.9 Å². The summed E-state index contributed by atoms with van der Waals surface area (Å²) in [6, 6.07) is 5.68. The lowest BCUT2D eigenvalue weighted by molar-refractivity contribution is 0.175. The molecule has 2 unspecified atom stereocenters. The number of halogens is 1. The molecule has 0 bridgehead atoms.